The van der Waals surface area contributed by atoms with E-state index in [0.29, 0.717) is 0 Å². The first-order chi connectivity index (χ1) is 14.7. The minimum Gasteiger partial charge on any atom is -0.327 e. The zero-order valence-electron chi connectivity index (χ0n) is 18.0. The van der Waals surface area contributed by atoms with Crippen LogP contribution in [0.5, 0.6) is 0 Å². The number of benzene rings is 2. The fourth-order valence-corrected chi connectivity index (χ4v) is 5.42. The van der Waals surface area contributed by atoms with Crippen LogP contribution in [0.3, 0.4) is 0 Å². The minimum absolute atomic E-state index is 0.142. The highest BCUT2D eigenvalue weighted by molar-refractivity contribution is 5.81. The lowest BCUT2D eigenvalue weighted by Gasteiger charge is -2.32. The predicted molar refractivity (Wildman–Crippen MR) is 120 cm³/mol. The van der Waals surface area contributed by atoms with Crippen LogP contribution in [0.4, 0.5) is 4.39 Å². The van der Waals surface area contributed by atoms with Gasteiger partial charge in [0.25, 0.3) is 0 Å². The Bertz CT molecular complexity index is 1010. The molecular formula is C26H32FN3. The monoisotopic (exact) mass is 405 g/mol. The predicted octanol–water partition coefficient (Wildman–Crippen LogP) is 5.66. The fourth-order valence-electron chi connectivity index (χ4n) is 5.42. The molecule has 0 atom stereocenters. The van der Waals surface area contributed by atoms with Gasteiger partial charge in [-0.1, -0.05) is 24.6 Å². The summed E-state index contributed by atoms with van der Waals surface area (Å²) in [4.78, 5) is 7.64. The number of aryl methyl sites for hydroxylation is 4. The molecule has 0 aliphatic carbocycles. The van der Waals surface area contributed by atoms with Crippen LogP contribution in [0.15, 0.2) is 36.4 Å². The van der Waals surface area contributed by atoms with E-state index in [9.17, 15) is 4.39 Å². The van der Waals surface area contributed by atoms with E-state index in [2.05, 4.69) is 28.5 Å². The second-order valence-corrected chi connectivity index (χ2v) is 9.31. The molecule has 3 aromatic rings. The third kappa shape index (κ3) is 4.15. The van der Waals surface area contributed by atoms with E-state index in [1.165, 1.54) is 85.2 Å². The molecule has 0 bridgehead atoms. The van der Waals surface area contributed by atoms with Gasteiger partial charge in [-0.05, 0) is 99.3 Å². The summed E-state index contributed by atoms with van der Waals surface area (Å²) < 4.78 is 15.5. The van der Waals surface area contributed by atoms with Crippen LogP contribution in [0.25, 0.3) is 11.0 Å². The zero-order chi connectivity index (χ0) is 20.5. The molecule has 158 valence electrons. The van der Waals surface area contributed by atoms with E-state index in [-0.39, 0.29) is 5.82 Å². The van der Waals surface area contributed by atoms with E-state index in [4.69, 9.17) is 4.98 Å². The van der Waals surface area contributed by atoms with Gasteiger partial charge in [-0.3, -0.25) is 4.90 Å². The van der Waals surface area contributed by atoms with Crippen molar-refractivity contribution >= 4 is 11.0 Å². The van der Waals surface area contributed by atoms with Crippen LogP contribution in [0.1, 0.15) is 54.6 Å². The summed E-state index contributed by atoms with van der Waals surface area (Å²) in [6.07, 6.45) is 8.53. The molecule has 30 heavy (non-hydrogen) atoms. The van der Waals surface area contributed by atoms with Gasteiger partial charge in [0.2, 0.25) is 0 Å². The van der Waals surface area contributed by atoms with E-state index < -0.39 is 0 Å². The van der Waals surface area contributed by atoms with Gasteiger partial charge in [0.1, 0.15) is 11.6 Å². The summed E-state index contributed by atoms with van der Waals surface area (Å²) >= 11 is 0. The maximum atomic E-state index is 13.0. The third-order valence-corrected chi connectivity index (χ3v) is 7.04. The molecule has 0 saturated carbocycles. The highest BCUT2D eigenvalue weighted by Gasteiger charge is 2.23. The Morgan fingerprint density at radius 2 is 1.87 bits per heavy atom. The largest absolute Gasteiger partial charge is 0.327 e. The number of hydrogen-bond acceptors (Lipinski definition) is 2. The smallest absolute Gasteiger partial charge is 0.124 e. The van der Waals surface area contributed by atoms with Crippen molar-refractivity contribution in [3.8, 4) is 0 Å². The standard InChI is InChI=1S/C26H32FN3/c1-19-16-22-6-3-13-30-25(28-24(17-19)26(22)30)18-29-14-11-21(12-15-29)5-2-4-20-7-9-23(27)10-8-20/h7-10,16-17,21H,2-6,11-15,18H2,1H3. The average Bonchev–Trinajstić information content (AvgIpc) is 3.09. The second-order valence-electron chi connectivity index (χ2n) is 9.31. The molecule has 2 aromatic carbocycles. The van der Waals surface area contributed by atoms with Crippen molar-refractivity contribution in [3.05, 3.63) is 64.7 Å². The van der Waals surface area contributed by atoms with Crippen LogP contribution in [-0.2, 0) is 25.9 Å². The Hall–Kier alpha value is -2.20. The fraction of sp³-hybridized carbons (Fsp3) is 0.500. The van der Waals surface area contributed by atoms with Gasteiger partial charge in [-0.25, -0.2) is 9.37 Å². The number of aromatic nitrogens is 2. The molecule has 4 heteroatoms. The molecule has 2 aliphatic rings. The van der Waals surface area contributed by atoms with Crippen LogP contribution >= 0.6 is 0 Å². The molecule has 1 fully saturated rings. The second kappa shape index (κ2) is 8.50. The van der Waals surface area contributed by atoms with Gasteiger partial charge in [0.15, 0.2) is 0 Å². The molecule has 5 rings (SSSR count). The summed E-state index contributed by atoms with van der Waals surface area (Å²) in [5.74, 6) is 1.94. The molecule has 3 heterocycles. The van der Waals surface area contributed by atoms with Crippen LogP contribution in [0.2, 0.25) is 0 Å². The van der Waals surface area contributed by atoms with E-state index in [1.54, 1.807) is 12.1 Å². The molecule has 1 aromatic heterocycles. The molecule has 1 saturated heterocycles. The Morgan fingerprint density at radius 3 is 2.67 bits per heavy atom. The normalized spacial score (nSPS) is 17.7. The maximum Gasteiger partial charge on any atom is 0.124 e. The first-order valence-corrected chi connectivity index (χ1v) is 11.6. The number of piperidine rings is 1. The quantitative estimate of drug-likeness (QED) is 0.527. The Morgan fingerprint density at radius 1 is 1.07 bits per heavy atom. The van der Waals surface area contributed by atoms with Crippen molar-refractivity contribution in [1.82, 2.24) is 14.5 Å². The number of likely N-dealkylation sites (tertiary alicyclic amines) is 1. The molecule has 0 spiro atoms. The van der Waals surface area contributed by atoms with Crippen molar-refractivity contribution < 1.29 is 4.39 Å². The summed E-state index contributed by atoms with van der Waals surface area (Å²) in [6, 6.07) is 11.6. The van der Waals surface area contributed by atoms with Gasteiger partial charge in [-0.15, -0.1) is 0 Å². The van der Waals surface area contributed by atoms with E-state index in [0.717, 1.165) is 25.4 Å². The van der Waals surface area contributed by atoms with Crippen molar-refractivity contribution in [1.29, 1.82) is 0 Å². The average molecular weight is 406 g/mol. The summed E-state index contributed by atoms with van der Waals surface area (Å²) in [5, 5.41) is 0. The Kier molecular flexibility index (Phi) is 5.60. The first-order valence-electron chi connectivity index (χ1n) is 11.6. The van der Waals surface area contributed by atoms with E-state index >= 15 is 0 Å². The van der Waals surface area contributed by atoms with Crippen molar-refractivity contribution in [2.45, 2.75) is 65.0 Å². The van der Waals surface area contributed by atoms with Crippen molar-refractivity contribution in [2.75, 3.05) is 13.1 Å². The number of rotatable bonds is 6. The Balaban J connectivity index is 1.15. The maximum absolute atomic E-state index is 13.0. The molecule has 0 N–H and O–H groups in total. The van der Waals surface area contributed by atoms with Gasteiger partial charge in [0, 0.05) is 6.54 Å². The third-order valence-electron chi connectivity index (χ3n) is 7.04. The number of hydrogen-bond donors (Lipinski definition) is 0. The summed E-state index contributed by atoms with van der Waals surface area (Å²) in [5.41, 5.74) is 6.64. The highest BCUT2D eigenvalue weighted by atomic mass is 19.1. The van der Waals surface area contributed by atoms with Crippen LogP contribution in [0, 0.1) is 18.7 Å². The number of halogens is 1. The van der Waals surface area contributed by atoms with Crippen molar-refractivity contribution in [3.63, 3.8) is 0 Å². The lowest BCUT2D eigenvalue weighted by molar-refractivity contribution is 0.166. The SMILES string of the molecule is Cc1cc2c3c(c1)nc(CN1CCC(CCCc4ccc(F)cc4)CC1)n3CCC2. The van der Waals surface area contributed by atoms with Gasteiger partial charge >= 0.3 is 0 Å². The highest BCUT2D eigenvalue weighted by Crippen LogP contribution is 2.29. The van der Waals surface area contributed by atoms with Gasteiger partial charge < -0.3 is 4.57 Å². The number of nitrogens with zero attached hydrogens (tertiary/aromatic N) is 3. The molecule has 0 radical (unpaired) electrons. The number of imidazole rings is 1. The Labute approximate surface area is 178 Å². The topological polar surface area (TPSA) is 21.1 Å². The molecule has 3 nitrogen and oxygen atoms in total. The molecule has 2 aliphatic heterocycles. The van der Waals surface area contributed by atoms with Crippen LogP contribution < -0.4 is 0 Å². The molecule has 0 unspecified atom stereocenters. The van der Waals surface area contributed by atoms with Crippen LogP contribution in [-0.4, -0.2) is 27.5 Å². The molecular weight excluding hydrogens is 373 g/mol. The minimum atomic E-state index is -0.142. The summed E-state index contributed by atoms with van der Waals surface area (Å²) in [6.45, 7) is 6.63. The van der Waals surface area contributed by atoms with Gasteiger partial charge in [0.05, 0.1) is 17.6 Å². The molecule has 0 amide bonds. The lowest BCUT2D eigenvalue weighted by Crippen LogP contribution is -2.34. The zero-order valence-corrected chi connectivity index (χ0v) is 18.0. The van der Waals surface area contributed by atoms with Crippen molar-refractivity contribution in [2.24, 2.45) is 5.92 Å². The van der Waals surface area contributed by atoms with Gasteiger partial charge in [-0.2, -0.15) is 0 Å². The van der Waals surface area contributed by atoms with E-state index in [1.807, 2.05) is 12.1 Å². The lowest BCUT2D eigenvalue weighted by atomic mass is 9.91. The first kappa shape index (κ1) is 19.7. The summed E-state index contributed by atoms with van der Waals surface area (Å²) in [7, 11) is 0.